The molecule has 8 bridgehead atoms. The van der Waals surface area contributed by atoms with Gasteiger partial charge in [0.05, 0.1) is 7.85 Å². The van der Waals surface area contributed by atoms with Crippen LogP contribution in [0.1, 0.15) is 52.4 Å². The highest BCUT2D eigenvalue weighted by molar-refractivity contribution is 6.16. The minimum Gasteiger partial charge on any atom is -0.0596 e. The predicted molar refractivity (Wildman–Crippen MR) is 69.8 cm³/mol. The number of hydrogen-bond acceptors (Lipinski definition) is 0. The third-order valence-electron chi connectivity index (χ3n) is 7.86. The van der Waals surface area contributed by atoms with Crippen LogP contribution in [0.4, 0.5) is 0 Å². The molecule has 90 valence electrons. The van der Waals surface area contributed by atoms with Gasteiger partial charge in [0.15, 0.2) is 0 Å². The van der Waals surface area contributed by atoms with E-state index in [4.69, 9.17) is 7.85 Å². The maximum absolute atomic E-state index is 7.00. The van der Waals surface area contributed by atoms with E-state index in [-0.39, 0.29) is 5.31 Å². The molecule has 0 aromatic carbocycles. The Kier molecular flexibility index (Phi) is 1.39. The molecule has 4 unspecified atom stereocenters. The molecule has 7 saturated carbocycles. The molecule has 0 amide bonds. The Morgan fingerprint density at radius 2 is 1.29 bits per heavy atom. The van der Waals surface area contributed by atoms with Crippen LogP contribution in [0.5, 0.6) is 0 Å². The lowest BCUT2D eigenvalue weighted by atomic mass is 9.23. The van der Waals surface area contributed by atoms with E-state index in [0.29, 0.717) is 10.8 Å². The Balaban J connectivity index is 1.72. The van der Waals surface area contributed by atoms with E-state index >= 15 is 0 Å². The minimum atomic E-state index is 0.261. The Morgan fingerprint density at radius 3 is 1.88 bits per heavy atom. The molecule has 7 aliphatic rings. The fourth-order valence-corrected chi connectivity index (χ4v) is 7.81. The van der Waals surface area contributed by atoms with Crippen LogP contribution in [-0.4, -0.2) is 7.85 Å². The third kappa shape index (κ3) is 0.911. The van der Waals surface area contributed by atoms with E-state index in [1.807, 2.05) is 0 Å². The van der Waals surface area contributed by atoms with Gasteiger partial charge in [0.25, 0.3) is 0 Å². The summed E-state index contributed by atoms with van der Waals surface area (Å²) in [6.45, 7) is 5.11. The molecular formula is C16H23B. The average molecular weight is 226 g/mol. The second kappa shape index (κ2) is 2.39. The normalized spacial score (nSPS) is 74.6. The van der Waals surface area contributed by atoms with E-state index in [0.717, 1.165) is 29.6 Å². The second-order valence-corrected chi connectivity index (χ2v) is 9.14. The van der Waals surface area contributed by atoms with Crippen LogP contribution >= 0.6 is 0 Å². The summed E-state index contributed by atoms with van der Waals surface area (Å²) >= 11 is 0. The Morgan fingerprint density at radius 1 is 0.765 bits per heavy atom. The van der Waals surface area contributed by atoms with Crippen LogP contribution in [-0.2, 0) is 0 Å². The molecule has 0 heterocycles. The van der Waals surface area contributed by atoms with Gasteiger partial charge in [-0.15, -0.1) is 0 Å². The highest BCUT2D eigenvalue weighted by Crippen LogP contribution is 2.82. The molecule has 0 aliphatic heterocycles. The molecule has 2 radical (unpaired) electrons. The molecule has 0 saturated heterocycles. The van der Waals surface area contributed by atoms with Crippen molar-refractivity contribution in [2.45, 2.75) is 57.7 Å². The summed E-state index contributed by atoms with van der Waals surface area (Å²) in [5.41, 5.74) is 1.31. The fourth-order valence-electron chi connectivity index (χ4n) is 7.81. The van der Waals surface area contributed by atoms with Crippen LogP contribution in [0, 0.1) is 40.4 Å². The maximum Gasteiger partial charge on any atom is 0.0754 e. The van der Waals surface area contributed by atoms with Crippen molar-refractivity contribution in [3.8, 4) is 0 Å². The predicted octanol–water partition coefficient (Wildman–Crippen LogP) is 3.82. The van der Waals surface area contributed by atoms with Gasteiger partial charge >= 0.3 is 0 Å². The zero-order chi connectivity index (χ0) is 11.6. The van der Waals surface area contributed by atoms with Gasteiger partial charge in [0, 0.05) is 0 Å². The molecule has 0 spiro atoms. The summed E-state index contributed by atoms with van der Waals surface area (Å²) in [5, 5.41) is 0.261. The lowest BCUT2D eigenvalue weighted by Crippen LogP contribution is -2.69. The quantitative estimate of drug-likeness (QED) is 0.551. The lowest BCUT2D eigenvalue weighted by molar-refractivity contribution is -0.241. The highest BCUT2D eigenvalue weighted by atomic mass is 14.8. The summed E-state index contributed by atoms with van der Waals surface area (Å²) in [6, 6.07) is 0. The Hall–Kier alpha value is 0.0649. The van der Waals surface area contributed by atoms with Crippen LogP contribution in [0.15, 0.2) is 0 Å². The van der Waals surface area contributed by atoms with Crippen molar-refractivity contribution >= 4 is 7.85 Å². The molecular weight excluding hydrogens is 203 g/mol. The van der Waals surface area contributed by atoms with Crippen LogP contribution in [0.2, 0.25) is 5.31 Å². The first-order valence-corrected chi connectivity index (χ1v) is 7.72. The zero-order valence-corrected chi connectivity index (χ0v) is 11.2. The molecule has 0 aromatic rings. The molecule has 0 nitrogen and oxygen atoms in total. The van der Waals surface area contributed by atoms with Gasteiger partial charge in [0.1, 0.15) is 0 Å². The summed E-state index contributed by atoms with van der Waals surface area (Å²) in [4.78, 5) is 0. The molecule has 1 heteroatoms. The van der Waals surface area contributed by atoms with Gasteiger partial charge in [-0.3, -0.25) is 0 Å². The topological polar surface area (TPSA) is 0 Å². The van der Waals surface area contributed by atoms with Crippen LogP contribution in [0.3, 0.4) is 0 Å². The molecule has 4 atom stereocenters. The molecule has 7 rings (SSSR count). The van der Waals surface area contributed by atoms with Gasteiger partial charge in [-0.2, -0.15) is 0 Å². The first kappa shape index (κ1) is 9.93. The van der Waals surface area contributed by atoms with Crippen molar-refractivity contribution in [2.75, 3.05) is 0 Å². The molecule has 17 heavy (non-hydrogen) atoms. The van der Waals surface area contributed by atoms with Gasteiger partial charge < -0.3 is 0 Å². The average Bonchev–Trinajstić information content (AvgIpc) is 2.23. The van der Waals surface area contributed by atoms with Crippen molar-refractivity contribution in [1.82, 2.24) is 0 Å². The SMILES string of the molecule is [B]C12CC3(C)CC4C5CC(C)(CC41)CC2C5C3. The van der Waals surface area contributed by atoms with Crippen LogP contribution < -0.4 is 0 Å². The monoisotopic (exact) mass is 226 g/mol. The van der Waals surface area contributed by atoms with Crippen molar-refractivity contribution < 1.29 is 0 Å². The van der Waals surface area contributed by atoms with Crippen LogP contribution in [0.25, 0.3) is 0 Å². The minimum absolute atomic E-state index is 0.261. The number of rotatable bonds is 0. The van der Waals surface area contributed by atoms with Crippen molar-refractivity contribution in [3.05, 3.63) is 0 Å². The number of hydrogen-bond donors (Lipinski definition) is 0. The van der Waals surface area contributed by atoms with Gasteiger partial charge in [-0.25, -0.2) is 0 Å². The first-order valence-electron chi connectivity index (χ1n) is 7.72. The lowest BCUT2D eigenvalue weighted by Gasteiger charge is -2.78. The Labute approximate surface area is 106 Å². The van der Waals surface area contributed by atoms with Gasteiger partial charge in [0.2, 0.25) is 0 Å². The molecule has 0 N–H and O–H groups in total. The van der Waals surface area contributed by atoms with Gasteiger partial charge in [-0.05, 0) is 78.9 Å². The van der Waals surface area contributed by atoms with Gasteiger partial charge in [-0.1, -0.05) is 19.2 Å². The van der Waals surface area contributed by atoms with Crippen molar-refractivity contribution in [2.24, 2.45) is 40.4 Å². The van der Waals surface area contributed by atoms with E-state index in [9.17, 15) is 0 Å². The molecule has 7 fully saturated rings. The first-order chi connectivity index (χ1) is 7.93. The van der Waals surface area contributed by atoms with E-state index < -0.39 is 0 Å². The second-order valence-electron chi connectivity index (χ2n) is 9.14. The standard InChI is InChI=1S/C16H23B/c1-14-3-9-10-4-15(2)5-11(9)13(7-14)16(17,8-15)12(10)6-14/h9-13H,3-8H2,1-2H3. The maximum atomic E-state index is 7.00. The summed E-state index contributed by atoms with van der Waals surface area (Å²) in [6.07, 6.45) is 8.85. The molecule has 0 aromatic heterocycles. The largest absolute Gasteiger partial charge is 0.0754 e. The van der Waals surface area contributed by atoms with Crippen molar-refractivity contribution in [3.63, 3.8) is 0 Å². The Bertz CT molecular complexity index is 388. The molecule has 7 aliphatic carbocycles. The zero-order valence-electron chi connectivity index (χ0n) is 11.2. The summed E-state index contributed by atoms with van der Waals surface area (Å²) in [7, 11) is 7.00. The summed E-state index contributed by atoms with van der Waals surface area (Å²) in [5.74, 6) is 4.90. The third-order valence-corrected chi connectivity index (χ3v) is 7.86. The van der Waals surface area contributed by atoms with Crippen molar-refractivity contribution in [1.29, 1.82) is 0 Å². The smallest absolute Gasteiger partial charge is 0.0596 e. The summed E-state index contributed by atoms with van der Waals surface area (Å²) < 4.78 is 0. The fraction of sp³-hybridized carbons (Fsp3) is 1.00. The van der Waals surface area contributed by atoms with E-state index in [1.54, 1.807) is 6.42 Å². The van der Waals surface area contributed by atoms with E-state index in [1.165, 1.54) is 32.1 Å². The van der Waals surface area contributed by atoms with E-state index in [2.05, 4.69) is 13.8 Å². The highest BCUT2D eigenvalue weighted by Gasteiger charge is 2.72.